The number of rotatable bonds is 9. The van der Waals surface area contributed by atoms with E-state index in [2.05, 4.69) is 15.0 Å². The molecule has 0 fully saturated rings. The molecule has 1 rings (SSSR count). The number of ether oxygens (including phenoxy) is 3. The summed E-state index contributed by atoms with van der Waals surface area (Å²) < 4.78 is 15.4. The summed E-state index contributed by atoms with van der Waals surface area (Å²) in [5.41, 5.74) is 0. The van der Waals surface area contributed by atoms with Crippen molar-refractivity contribution in [2.75, 3.05) is 77.4 Å². The Hall–Kier alpha value is -1.71. The average Bonchev–Trinajstić information content (AvgIpc) is 2.46. The molecule has 0 aromatic carbocycles. The van der Waals surface area contributed by atoms with Gasteiger partial charge in [0.05, 0.1) is 0 Å². The smallest absolute Gasteiger partial charge is 0.235 e. The average molecular weight is 300 g/mol. The molecular weight excluding hydrogens is 276 g/mol. The van der Waals surface area contributed by atoms with Crippen LogP contribution in [0.4, 0.5) is 17.8 Å². The van der Waals surface area contributed by atoms with Gasteiger partial charge in [-0.25, -0.2) is 0 Å². The fourth-order valence-corrected chi connectivity index (χ4v) is 1.57. The highest BCUT2D eigenvalue weighted by Crippen LogP contribution is 2.17. The molecule has 1 aromatic heterocycles. The second kappa shape index (κ2) is 8.55. The third-order valence-corrected chi connectivity index (χ3v) is 2.52. The summed E-state index contributed by atoms with van der Waals surface area (Å²) in [5, 5.41) is 0. The van der Waals surface area contributed by atoms with E-state index >= 15 is 0 Å². The van der Waals surface area contributed by atoms with Crippen LogP contribution >= 0.6 is 0 Å². The van der Waals surface area contributed by atoms with Crippen LogP contribution in [0.5, 0.6) is 0 Å². The molecule has 0 N–H and O–H groups in total. The fraction of sp³-hybridized carbons (Fsp3) is 0.750. The molecule has 0 amide bonds. The normalized spacial score (nSPS) is 10.6. The Morgan fingerprint density at radius 1 is 0.714 bits per heavy atom. The van der Waals surface area contributed by atoms with Crippen molar-refractivity contribution in [3.05, 3.63) is 0 Å². The zero-order chi connectivity index (χ0) is 15.8. The highest BCUT2D eigenvalue weighted by molar-refractivity contribution is 5.45. The largest absolute Gasteiger partial charge is 0.364 e. The molecule has 0 aliphatic carbocycles. The van der Waals surface area contributed by atoms with E-state index in [0.29, 0.717) is 38.0 Å². The van der Waals surface area contributed by atoms with Crippen LogP contribution in [0.2, 0.25) is 0 Å². The van der Waals surface area contributed by atoms with Crippen LogP contribution in [-0.2, 0) is 14.2 Å². The van der Waals surface area contributed by atoms with Gasteiger partial charge in [0.25, 0.3) is 0 Å². The summed E-state index contributed by atoms with van der Waals surface area (Å²) in [4.78, 5) is 18.6. The number of nitrogens with zero attached hydrogens (tertiary/aromatic N) is 6. The molecule has 0 bridgehead atoms. The Morgan fingerprint density at radius 2 is 1.19 bits per heavy atom. The summed E-state index contributed by atoms with van der Waals surface area (Å²) >= 11 is 0. The Kier molecular flexibility index (Phi) is 7.06. The predicted octanol–water partition coefficient (Wildman–Crippen LogP) is -0.00810. The summed E-state index contributed by atoms with van der Waals surface area (Å²) in [6.45, 7) is 1.02. The molecule has 0 atom stereocenters. The van der Waals surface area contributed by atoms with Crippen LogP contribution in [0, 0.1) is 0 Å². The minimum absolute atomic E-state index is 0.318. The van der Waals surface area contributed by atoms with Crippen LogP contribution in [0.3, 0.4) is 0 Å². The van der Waals surface area contributed by atoms with Crippen LogP contribution in [-0.4, -0.2) is 77.6 Å². The lowest BCUT2D eigenvalue weighted by Crippen LogP contribution is -2.32. The van der Waals surface area contributed by atoms with Gasteiger partial charge in [0.15, 0.2) is 0 Å². The minimum Gasteiger partial charge on any atom is -0.364 e. The second-order valence-electron chi connectivity index (χ2n) is 4.62. The highest BCUT2D eigenvalue weighted by atomic mass is 16.5. The van der Waals surface area contributed by atoms with Gasteiger partial charge in [-0.3, -0.25) is 4.90 Å². The number of anilines is 3. The molecular formula is C12H24N6O3. The van der Waals surface area contributed by atoms with Gasteiger partial charge in [0.2, 0.25) is 17.8 Å². The maximum absolute atomic E-state index is 5.15. The van der Waals surface area contributed by atoms with Crippen molar-refractivity contribution >= 4 is 17.8 Å². The lowest BCUT2D eigenvalue weighted by molar-refractivity contribution is 0.138. The highest BCUT2D eigenvalue weighted by Gasteiger charge is 2.16. The second-order valence-corrected chi connectivity index (χ2v) is 4.62. The summed E-state index contributed by atoms with van der Waals surface area (Å²) in [5.74, 6) is 1.55. The van der Waals surface area contributed by atoms with Gasteiger partial charge >= 0.3 is 0 Å². The molecule has 9 nitrogen and oxygen atoms in total. The quantitative estimate of drug-likeness (QED) is 0.585. The molecule has 120 valence electrons. The van der Waals surface area contributed by atoms with Crippen molar-refractivity contribution in [2.45, 2.75) is 0 Å². The van der Waals surface area contributed by atoms with Gasteiger partial charge < -0.3 is 24.0 Å². The van der Waals surface area contributed by atoms with Crippen LogP contribution in [0.15, 0.2) is 0 Å². The monoisotopic (exact) mass is 300 g/mol. The molecule has 0 unspecified atom stereocenters. The lowest BCUT2D eigenvalue weighted by Gasteiger charge is -2.24. The first-order valence-corrected chi connectivity index (χ1v) is 6.39. The zero-order valence-electron chi connectivity index (χ0n) is 13.5. The lowest BCUT2D eigenvalue weighted by atomic mass is 10.6. The first-order valence-electron chi connectivity index (χ1n) is 6.39. The minimum atomic E-state index is 0.318. The van der Waals surface area contributed by atoms with E-state index < -0.39 is 0 Å². The van der Waals surface area contributed by atoms with Crippen molar-refractivity contribution in [1.29, 1.82) is 0 Å². The summed E-state index contributed by atoms with van der Waals surface area (Å²) in [7, 11) is 10.4. The van der Waals surface area contributed by atoms with E-state index in [0.717, 1.165) is 0 Å². The Labute approximate surface area is 125 Å². The van der Waals surface area contributed by atoms with Crippen LogP contribution in [0.1, 0.15) is 0 Å². The number of aromatic nitrogens is 3. The van der Waals surface area contributed by atoms with Gasteiger partial charge in [-0.1, -0.05) is 0 Å². The van der Waals surface area contributed by atoms with Crippen molar-refractivity contribution in [2.24, 2.45) is 0 Å². The third-order valence-electron chi connectivity index (χ3n) is 2.52. The van der Waals surface area contributed by atoms with Gasteiger partial charge in [0.1, 0.15) is 20.2 Å². The summed E-state index contributed by atoms with van der Waals surface area (Å²) in [6, 6.07) is 0. The molecule has 0 saturated heterocycles. The summed E-state index contributed by atoms with van der Waals surface area (Å²) in [6.07, 6.45) is 0. The van der Waals surface area contributed by atoms with Gasteiger partial charge in [-0.15, -0.1) is 0 Å². The molecule has 0 saturated carbocycles. The molecule has 1 aromatic rings. The van der Waals surface area contributed by atoms with Gasteiger partial charge in [-0.05, 0) is 0 Å². The van der Waals surface area contributed by atoms with Crippen LogP contribution in [0.25, 0.3) is 0 Å². The molecule has 21 heavy (non-hydrogen) atoms. The van der Waals surface area contributed by atoms with E-state index in [1.165, 1.54) is 0 Å². The zero-order valence-corrected chi connectivity index (χ0v) is 13.5. The SMILES string of the molecule is COCN(C)c1nc(N(C)C)nc(N(COC)COC)n1. The van der Waals surface area contributed by atoms with Crippen molar-refractivity contribution in [3.63, 3.8) is 0 Å². The molecule has 9 heteroatoms. The molecule has 0 radical (unpaired) electrons. The topological polar surface area (TPSA) is 76.1 Å². The van der Waals surface area contributed by atoms with E-state index in [-0.39, 0.29) is 0 Å². The maximum Gasteiger partial charge on any atom is 0.235 e. The molecule has 0 spiro atoms. The number of hydrogen-bond acceptors (Lipinski definition) is 9. The third kappa shape index (κ3) is 4.96. The van der Waals surface area contributed by atoms with Crippen molar-refractivity contribution in [1.82, 2.24) is 15.0 Å². The first-order chi connectivity index (χ1) is 10.0. The van der Waals surface area contributed by atoms with Gasteiger partial charge in [-0.2, -0.15) is 15.0 Å². The number of hydrogen-bond donors (Lipinski definition) is 0. The molecule has 1 heterocycles. The van der Waals surface area contributed by atoms with Gasteiger partial charge in [0, 0.05) is 42.5 Å². The van der Waals surface area contributed by atoms with Crippen LogP contribution < -0.4 is 14.7 Å². The molecule has 0 aliphatic heterocycles. The van der Waals surface area contributed by atoms with E-state index in [4.69, 9.17) is 14.2 Å². The standard InChI is InChI=1S/C12H24N6O3/c1-16(2)10-13-11(17(3)7-19-4)15-12(14-10)18(8-20-5)9-21-6/h7-9H2,1-6H3. The Bertz CT molecular complexity index is 425. The van der Waals surface area contributed by atoms with Crippen molar-refractivity contribution < 1.29 is 14.2 Å². The first kappa shape index (κ1) is 17.3. The van der Waals surface area contributed by atoms with E-state index in [9.17, 15) is 0 Å². The van der Waals surface area contributed by atoms with E-state index in [1.807, 2.05) is 26.0 Å². The maximum atomic E-state index is 5.15. The Morgan fingerprint density at radius 3 is 1.67 bits per heavy atom. The molecule has 0 aliphatic rings. The van der Waals surface area contributed by atoms with Crippen molar-refractivity contribution in [3.8, 4) is 0 Å². The fourth-order valence-electron chi connectivity index (χ4n) is 1.57. The predicted molar refractivity (Wildman–Crippen MR) is 80.7 cm³/mol. The number of methoxy groups -OCH3 is 3. The Balaban J connectivity index is 3.16. The van der Waals surface area contributed by atoms with E-state index in [1.54, 1.807) is 31.1 Å².